The van der Waals surface area contributed by atoms with Crippen molar-refractivity contribution in [1.82, 2.24) is 19.7 Å². The number of ether oxygens (including phenoxy) is 2. The predicted octanol–water partition coefficient (Wildman–Crippen LogP) is -0.175. The van der Waals surface area contributed by atoms with E-state index in [0.29, 0.717) is 38.4 Å². The minimum absolute atomic E-state index is 0.0154. The molecule has 2 aliphatic rings. The second-order valence-corrected chi connectivity index (χ2v) is 9.31. The number of amides is 2. The van der Waals surface area contributed by atoms with Gasteiger partial charge in [0.2, 0.25) is 11.8 Å². The number of carbonyl (C=O) groups excluding carboxylic acids is 2. The monoisotopic (exact) mass is 488 g/mol. The van der Waals surface area contributed by atoms with Gasteiger partial charge in [-0.15, -0.1) is 0 Å². The third-order valence-corrected chi connectivity index (χ3v) is 6.29. The molecular formula is C25H36N4O6. The predicted molar refractivity (Wildman–Crippen MR) is 129 cm³/mol. The molecule has 10 nitrogen and oxygen atoms in total. The Morgan fingerprint density at radius 2 is 2.06 bits per heavy atom. The zero-order chi connectivity index (χ0) is 25.5. The van der Waals surface area contributed by atoms with E-state index < -0.39 is 18.2 Å². The van der Waals surface area contributed by atoms with Crippen molar-refractivity contribution >= 4 is 11.8 Å². The summed E-state index contributed by atoms with van der Waals surface area (Å²) in [6, 6.07) is 1.18. The van der Waals surface area contributed by atoms with Crippen molar-refractivity contribution in [3.05, 3.63) is 23.4 Å². The molecule has 4 atom stereocenters. The number of morpholine rings is 1. The van der Waals surface area contributed by atoms with Gasteiger partial charge in [0.1, 0.15) is 17.8 Å². The van der Waals surface area contributed by atoms with Crippen molar-refractivity contribution in [2.75, 3.05) is 59.6 Å². The lowest BCUT2D eigenvalue weighted by Crippen LogP contribution is -2.51. The lowest BCUT2D eigenvalue weighted by atomic mass is 10.00. The molecule has 3 heterocycles. The molecule has 1 aromatic heterocycles. The zero-order valence-electron chi connectivity index (χ0n) is 20.9. The van der Waals surface area contributed by atoms with Crippen LogP contribution in [0.1, 0.15) is 36.7 Å². The van der Waals surface area contributed by atoms with Gasteiger partial charge in [-0.05, 0) is 19.9 Å². The highest BCUT2D eigenvalue weighted by atomic mass is 16.5. The standard InChI is InChI=1S/C25H36N4O6/c1-17-13-29(18(2)16-30)25(33)21-11-20(6-5-19(3)31)12-26-24(21)35-22(17)14-27(4)23(32)15-28-7-9-34-10-8-28/h11-12,17-19,22,30-31H,7-10,13-16H2,1-4H3/t17-,18+,19+,22-/m1/s1. The van der Waals surface area contributed by atoms with E-state index in [1.54, 1.807) is 36.8 Å². The maximum absolute atomic E-state index is 13.4. The second kappa shape index (κ2) is 12.3. The number of aliphatic hydroxyl groups excluding tert-OH is 2. The summed E-state index contributed by atoms with van der Waals surface area (Å²) >= 11 is 0. The highest BCUT2D eigenvalue weighted by Crippen LogP contribution is 2.27. The van der Waals surface area contributed by atoms with Crippen molar-refractivity contribution in [2.45, 2.75) is 39.0 Å². The number of aliphatic hydroxyl groups is 2. The molecular weight excluding hydrogens is 452 g/mol. The van der Waals surface area contributed by atoms with Crippen molar-refractivity contribution in [1.29, 1.82) is 0 Å². The molecule has 2 aliphatic heterocycles. The number of pyridine rings is 1. The number of nitrogens with zero attached hydrogens (tertiary/aromatic N) is 4. The highest BCUT2D eigenvalue weighted by Gasteiger charge is 2.34. The molecule has 2 amide bonds. The molecule has 0 aromatic carbocycles. The first kappa shape index (κ1) is 26.9. The quantitative estimate of drug-likeness (QED) is 0.530. The maximum atomic E-state index is 13.4. The minimum atomic E-state index is -0.814. The molecule has 0 aliphatic carbocycles. The average Bonchev–Trinajstić information content (AvgIpc) is 2.84. The van der Waals surface area contributed by atoms with Crippen LogP contribution in [0.3, 0.4) is 0 Å². The first-order valence-electron chi connectivity index (χ1n) is 12.0. The summed E-state index contributed by atoms with van der Waals surface area (Å²) in [5.41, 5.74) is 0.711. The fourth-order valence-electron chi connectivity index (χ4n) is 4.02. The molecule has 0 saturated carbocycles. The summed E-state index contributed by atoms with van der Waals surface area (Å²) in [4.78, 5) is 36.0. The first-order chi connectivity index (χ1) is 16.7. The van der Waals surface area contributed by atoms with Crippen LogP contribution in [0, 0.1) is 17.8 Å². The smallest absolute Gasteiger partial charge is 0.259 e. The van der Waals surface area contributed by atoms with E-state index in [4.69, 9.17) is 9.47 Å². The van der Waals surface area contributed by atoms with Crippen LogP contribution >= 0.6 is 0 Å². The Hall–Kier alpha value is -2.71. The normalized spacial score (nSPS) is 22.6. The average molecular weight is 489 g/mol. The Bertz CT molecular complexity index is 953. The maximum Gasteiger partial charge on any atom is 0.259 e. The molecule has 0 bridgehead atoms. The van der Waals surface area contributed by atoms with Crippen LogP contribution in [0.5, 0.6) is 5.88 Å². The Labute approximate surface area is 206 Å². The van der Waals surface area contributed by atoms with Crippen molar-refractivity contribution in [2.24, 2.45) is 5.92 Å². The summed E-state index contributed by atoms with van der Waals surface area (Å²) in [7, 11) is 1.75. The number of aromatic nitrogens is 1. The second-order valence-electron chi connectivity index (χ2n) is 9.31. The van der Waals surface area contributed by atoms with Crippen LogP contribution in [0.15, 0.2) is 12.3 Å². The van der Waals surface area contributed by atoms with Gasteiger partial charge in [-0.1, -0.05) is 18.8 Å². The molecule has 1 fully saturated rings. The molecule has 35 heavy (non-hydrogen) atoms. The minimum Gasteiger partial charge on any atom is -0.472 e. The van der Waals surface area contributed by atoms with Gasteiger partial charge in [0.15, 0.2) is 0 Å². The Morgan fingerprint density at radius 1 is 1.34 bits per heavy atom. The fraction of sp³-hybridized carbons (Fsp3) is 0.640. The molecule has 1 aromatic rings. The van der Waals surface area contributed by atoms with Crippen LogP contribution < -0.4 is 4.74 Å². The molecule has 192 valence electrons. The third kappa shape index (κ3) is 7.15. The summed E-state index contributed by atoms with van der Waals surface area (Å²) in [5, 5.41) is 19.2. The highest BCUT2D eigenvalue weighted by molar-refractivity contribution is 5.97. The molecule has 10 heteroatoms. The number of likely N-dealkylation sites (N-methyl/N-ethyl adjacent to an activating group) is 1. The van der Waals surface area contributed by atoms with Crippen LogP contribution in [-0.4, -0.2) is 120 Å². The Kier molecular flexibility index (Phi) is 9.46. The number of fused-ring (bicyclic) bond motifs is 1. The van der Waals surface area contributed by atoms with E-state index in [2.05, 4.69) is 21.7 Å². The van der Waals surface area contributed by atoms with Crippen molar-refractivity contribution in [3.63, 3.8) is 0 Å². The third-order valence-electron chi connectivity index (χ3n) is 6.29. The van der Waals surface area contributed by atoms with Gasteiger partial charge in [-0.25, -0.2) is 4.98 Å². The Balaban J connectivity index is 1.85. The number of hydrogen-bond donors (Lipinski definition) is 2. The lowest BCUT2D eigenvalue weighted by molar-refractivity contribution is -0.133. The molecule has 0 spiro atoms. The summed E-state index contributed by atoms with van der Waals surface area (Å²) in [6.07, 6.45) is 0.263. The largest absolute Gasteiger partial charge is 0.472 e. The molecule has 0 radical (unpaired) electrons. The van der Waals surface area contributed by atoms with Gasteiger partial charge in [0.25, 0.3) is 5.91 Å². The van der Waals surface area contributed by atoms with Crippen LogP contribution in [-0.2, 0) is 9.53 Å². The van der Waals surface area contributed by atoms with E-state index in [9.17, 15) is 19.8 Å². The summed E-state index contributed by atoms with van der Waals surface area (Å²) in [6.45, 7) is 8.79. The summed E-state index contributed by atoms with van der Waals surface area (Å²) in [5.74, 6) is 5.17. The topological polar surface area (TPSA) is 116 Å². The molecule has 1 saturated heterocycles. The van der Waals surface area contributed by atoms with Crippen molar-refractivity contribution < 1.29 is 29.3 Å². The number of carbonyl (C=O) groups is 2. The SMILES string of the molecule is C[C@H](O)C#Cc1cnc2c(c1)C(=O)N([C@@H](C)CO)C[C@@H](C)[C@@H](CN(C)C(=O)CN1CCOCC1)O2. The first-order valence-corrected chi connectivity index (χ1v) is 12.0. The molecule has 2 N–H and O–H groups in total. The van der Waals surface area contributed by atoms with Gasteiger partial charge < -0.3 is 29.5 Å². The van der Waals surface area contributed by atoms with Crippen LogP contribution in [0.25, 0.3) is 0 Å². The van der Waals surface area contributed by atoms with Gasteiger partial charge >= 0.3 is 0 Å². The van der Waals surface area contributed by atoms with E-state index in [0.717, 1.165) is 13.1 Å². The van der Waals surface area contributed by atoms with Gasteiger partial charge in [-0.2, -0.15) is 0 Å². The van der Waals surface area contributed by atoms with Crippen LogP contribution in [0.4, 0.5) is 0 Å². The van der Waals surface area contributed by atoms with E-state index in [1.807, 2.05) is 6.92 Å². The summed E-state index contributed by atoms with van der Waals surface area (Å²) < 4.78 is 11.6. The Morgan fingerprint density at radius 3 is 2.71 bits per heavy atom. The molecule has 3 rings (SSSR count). The molecule has 0 unspecified atom stereocenters. The van der Waals surface area contributed by atoms with E-state index in [-0.39, 0.29) is 35.8 Å². The van der Waals surface area contributed by atoms with Crippen molar-refractivity contribution in [3.8, 4) is 17.7 Å². The number of rotatable bonds is 6. The van der Waals surface area contributed by atoms with Gasteiger partial charge in [0.05, 0.1) is 39.0 Å². The number of hydrogen-bond acceptors (Lipinski definition) is 8. The van der Waals surface area contributed by atoms with E-state index >= 15 is 0 Å². The van der Waals surface area contributed by atoms with Gasteiger partial charge in [0, 0.05) is 44.4 Å². The fourth-order valence-corrected chi connectivity index (χ4v) is 4.02. The van der Waals surface area contributed by atoms with Crippen LogP contribution in [0.2, 0.25) is 0 Å². The van der Waals surface area contributed by atoms with Gasteiger partial charge in [-0.3, -0.25) is 14.5 Å². The van der Waals surface area contributed by atoms with E-state index in [1.165, 1.54) is 6.20 Å². The zero-order valence-corrected chi connectivity index (χ0v) is 20.9. The lowest BCUT2D eigenvalue weighted by Gasteiger charge is -2.38.